The summed E-state index contributed by atoms with van der Waals surface area (Å²) in [4.78, 5) is 0. The molecular weight excluding hydrogens is 281 g/mol. The van der Waals surface area contributed by atoms with Gasteiger partial charge >= 0.3 is 7.60 Å². The summed E-state index contributed by atoms with van der Waals surface area (Å²) in [5.74, 6) is 0. The largest absolute Gasteiger partial charge is 0.400 e. The lowest BCUT2D eigenvalue weighted by Gasteiger charge is -2.31. The Morgan fingerprint density at radius 1 is 1.21 bits per heavy atom. The Hall–Kier alpha value is -0.183. The first kappa shape index (κ1) is 18.8. The van der Waals surface area contributed by atoms with Crippen molar-refractivity contribution < 1.29 is 18.0 Å². The van der Waals surface area contributed by atoms with Gasteiger partial charge in [0.1, 0.15) is 5.60 Å². The van der Waals surface area contributed by atoms with Gasteiger partial charge in [-0.15, -0.1) is 0 Å². The van der Waals surface area contributed by atoms with Crippen LogP contribution in [0.15, 0.2) is 0 Å². The Bertz CT molecular complexity index is 354. The van der Waals surface area contributed by atoms with Crippen LogP contribution in [0.5, 0.6) is 0 Å². The highest BCUT2D eigenvalue weighted by Gasteiger charge is 2.35. The normalized spacial score (nSPS) is 15.8. The van der Waals surface area contributed by atoms with Gasteiger partial charge in [0, 0.05) is 0 Å². The first-order valence-corrected chi connectivity index (χ1v) is 11.7. The standard InChI is InChI=1S/C12H26NO4PSi/c1-7-15-18(14,16-8-2)10-9-12(3,11-13)17-19(4,5)6/h7-10H2,1-6H3. The maximum atomic E-state index is 12.3. The van der Waals surface area contributed by atoms with Gasteiger partial charge in [-0.05, 0) is 46.8 Å². The van der Waals surface area contributed by atoms with Gasteiger partial charge in [-0.25, -0.2) is 0 Å². The van der Waals surface area contributed by atoms with E-state index < -0.39 is 21.5 Å². The van der Waals surface area contributed by atoms with E-state index in [9.17, 15) is 9.83 Å². The Morgan fingerprint density at radius 2 is 1.68 bits per heavy atom. The zero-order valence-corrected chi connectivity index (χ0v) is 14.8. The molecule has 0 fully saturated rings. The van der Waals surface area contributed by atoms with Crippen molar-refractivity contribution in [3.8, 4) is 6.07 Å². The van der Waals surface area contributed by atoms with Crippen LogP contribution in [0.4, 0.5) is 0 Å². The monoisotopic (exact) mass is 307 g/mol. The summed E-state index contributed by atoms with van der Waals surface area (Å²) in [5.41, 5.74) is -0.936. The third-order valence-electron chi connectivity index (χ3n) is 2.28. The van der Waals surface area contributed by atoms with Crippen molar-refractivity contribution in [2.24, 2.45) is 0 Å². The van der Waals surface area contributed by atoms with Gasteiger partial charge in [-0.1, -0.05) is 0 Å². The van der Waals surface area contributed by atoms with Crippen molar-refractivity contribution in [2.75, 3.05) is 19.4 Å². The van der Waals surface area contributed by atoms with Gasteiger partial charge < -0.3 is 13.5 Å². The minimum atomic E-state index is -3.11. The van der Waals surface area contributed by atoms with E-state index in [1.807, 2.05) is 19.6 Å². The smallest absolute Gasteiger partial charge is 0.330 e. The molecule has 0 aromatic heterocycles. The van der Waals surface area contributed by atoms with E-state index in [2.05, 4.69) is 6.07 Å². The number of hydrogen-bond donors (Lipinski definition) is 0. The van der Waals surface area contributed by atoms with Gasteiger partial charge in [0.25, 0.3) is 0 Å². The van der Waals surface area contributed by atoms with Crippen LogP contribution in [0.3, 0.4) is 0 Å². The Kier molecular flexibility index (Phi) is 7.49. The van der Waals surface area contributed by atoms with Crippen molar-refractivity contribution >= 4 is 15.9 Å². The SMILES string of the molecule is CCOP(=O)(CCC(C)(C#N)O[Si](C)(C)C)OCC. The fraction of sp³-hybridized carbons (Fsp3) is 0.917. The number of nitriles is 1. The highest BCUT2D eigenvalue weighted by Crippen LogP contribution is 2.49. The molecule has 0 amide bonds. The second kappa shape index (κ2) is 7.56. The summed E-state index contributed by atoms with van der Waals surface area (Å²) in [5, 5.41) is 9.28. The van der Waals surface area contributed by atoms with E-state index in [0.29, 0.717) is 19.6 Å². The van der Waals surface area contributed by atoms with E-state index in [1.54, 1.807) is 20.8 Å². The average molecular weight is 307 g/mol. The van der Waals surface area contributed by atoms with E-state index in [-0.39, 0.29) is 6.16 Å². The first-order valence-electron chi connectivity index (χ1n) is 6.59. The molecule has 0 radical (unpaired) electrons. The highest BCUT2D eigenvalue weighted by atomic mass is 31.2. The quantitative estimate of drug-likeness (QED) is 0.479. The molecule has 0 aliphatic carbocycles. The van der Waals surface area contributed by atoms with Crippen molar-refractivity contribution in [1.29, 1.82) is 5.26 Å². The summed E-state index contributed by atoms with van der Waals surface area (Å²) in [6, 6.07) is 2.17. The summed E-state index contributed by atoms with van der Waals surface area (Å²) >= 11 is 0. The molecule has 0 heterocycles. The minimum Gasteiger partial charge on any atom is -0.400 e. The maximum Gasteiger partial charge on any atom is 0.330 e. The number of rotatable bonds is 9. The number of hydrogen-bond acceptors (Lipinski definition) is 5. The predicted octanol–water partition coefficient (Wildman–Crippen LogP) is 3.78. The molecule has 1 atom stereocenters. The molecule has 0 aliphatic heterocycles. The lowest BCUT2D eigenvalue weighted by atomic mass is 10.1. The van der Waals surface area contributed by atoms with Gasteiger partial charge in [0.2, 0.25) is 0 Å². The van der Waals surface area contributed by atoms with E-state index >= 15 is 0 Å². The second-order valence-electron chi connectivity index (χ2n) is 5.48. The van der Waals surface area contributed by atoms with Crippen LogP contribution in [-0.2, 0) is 18.0 Å². The minimum absolute atomic E-state index is 0.198. The number of nitrogens with zero attached hydrogens (tertiary/aromatic N) is 1. The van der Waals surface area contributed by atoms with E-state index in [0.717, 1.165) is 0 Å². The third kappa shape index (κ3) is 7.86. The molecule has 0 spiro atoms. The zero-order valence-electron chi connectivity index (χ0n) is 12.9. The molecule has 0 bridgehead atoms. The van der Waals surface area contributed by atoms with E-state index in [1.165, 1.54) is 0 Å². The third-order valence-corrected chi connectivity index (χ3v) is 5.42. The highest BCUT2D eigenvalue weighted by molar-refractivity contribution is 7.53. The van der Waals surface area contributed by atoms with Crippen LogP contribution in [0, 0.1) is 11.3 Å². The fourth-order valence-electron chi connectivity index (χ4n) is 1.72. The maximum absolute atomic E-state index is 12.3. The molecule has 7 heteroatoms. The molecular formula is C12H26NO4PSi. The van der Waals surface area contributed by atoms with E-state index in [4.69, 9.17) is 13.5 Å². The van der Waals surface area contributed by atoms with Gasteiger partial charge in [0.05, 0.1) is 25.4 Å². The molecule has 0 rings (SSSR count). The summed E-state index contributed by atoms with van der Waals surface area (Å²) in [7, 11) is -4.95. The summed E-state index contributed by atoms with van der Waals surface area (Å²) in [6.45, 7) is 12.0. The lowest BCUT2D eigenvalue weighted by Crippen LogP contribution is -2.40. The molecule has 5 nitrogen and oxygen atoms in total. The second-order valence-corrected chi connectivity index (χ2v) is 12.1. The summed E-state index contributed by atoms with van der Waals surface area (Å²) in [6.07, 6.45) is 0.536. The molecule has 1 unspecified atom stereocenters. The van der Waals surface area contributed by atoms with Crippen LogP contribution in [0.25, 0.3) is 0 Å². The fourth-order valence-corrected chi connectivity index (χ4v) is 5.03. The van der Waals surface area contributed by atoms with Crippen molar-refractivity contribution in [2.45, 2.75) is 52.4 Å². The van der Waals surface area contributed by atoms with Crippen LogP contribution in [0.2, 0.25) is 19.6 Å². The van der Waals surface area contributed by atoms with Crippen LogP contribution >= 0.6 is 7.60 Å². The van der Waals surface area contributed by atoms with Crippen LogP contribution < -0.4 is 0 Å². The Balaban J connectivity index is 4.72. The first-order chi connectivity index (χ1) is 8.60. The zero-order chi connectivity index (χ0) is 15.2. The van der Waals surface area contributed by atoms with Gasteiger partial charge in [-0.3, -0.25) is 4.57 Å². The topological polar surface area (TPSA) is 68.6 Å². The lowest BCUT2D eigenvalue weighted by molar-refractivity contribution is 0.131. The van der Waals surface area contributed by atoms with Crippen molar-refractivity contribution in [1.82, 2.24) is 0 Å². The van der Waals surface area contributed by atoms with Crippen LogP contribution in [0.1, 0.15) is 27.2 Å². The Labute approximate surface area is 117 Å². The molecule has 0 aromatic carbocycles. The van der Waals surface area contributed by atoms with Gasteiger partial charge in [-0.2, -0.15) is 5.26 Å². The molecule has 19 heavy (non-hydrogen) atoms. The van der Waals surface area contributed by atoms with Gasteiger partial charge in [0.15, 0.2) is 8.32 Å². The molecule has 0 aliphatic rings. The van der Waals surface area contributed by atoms with Crippen molar-refractivity contribution in [3.05, 3.63) is 0 Å². The predicted molar refractivity (Wildman–Crippen MR) is 78.8 cm³/mol. The van der Waals surface area contributed by atoms with Crippen LogP contribution in [-0.4, -0.2) is 33.3 Å². The van der Waals surface area contributed by atoms with Crippen molar-refractivity contribution in [3.63, 3.8) is 0 Å². The molecule has 0 saturated carbocycles. The molecule has 0 aromatic rings. The average Bonchev–Trinajstić information content (AvgIpc) is 2.25. The molecule has 112 valence electrons. The molecule has 0 N–H and O–H groups in total. The Morgan fingerprint density at radius 3 is 2.00 bits per heavy atom. The summed E-state index contributed by atoms with van der Waals surface area (Å²) < 4.78 is 28.7. The molecule has 0 saturated heterocycles.